The monoisotopic (exact) mass is 352 g/mol. The van der Waals surface area contributed by atoms with Crippen molar-refractivity contribution in [1.82, 2.24) is 14.9 Å². The minimum absolute atomic E-state index is 0.165. The van der Waals surface area contributed by atoms with E-state index in [0.29, 0.717) is 12.3 Å². The van der Waals surface area contributed by atoms with Crippen molar-refractivity contribution in [3.63, 3.8) is 0 Å². The van der Waals surface area contributed by atoms with Crippen LogP contribution in [0.3, 0.4) is 0 Å². The Bertz CT molecular complexity index is 886. The molecule has 2 atom stereocenters. The first-order chi connectivity index (χ1) is 12.6. The number of amides is 1. The molecule has 4 heterocycles. The molecule has 0 aliphatic carbocycles. The number of nitrogens with one attached hydrogen (secondary N) is 1. The van der Waals surface area contributed by atoms with E-state index in [9.17, 15) is 4.79 Å². The molecule has 26 heavy (non-hydrogen) atoms. The molecular weight excluding hydrogens is 328 g/mol. The third-order valence-electron chi connectivity index (χ3n) is 5.52. The van der Waals surface area contributed by atoms with Crippen LogP contribution in [0.15, 0.2) is 47.5 Å². The van der Waals surface area contributed by atoms with Gasteiger partial charge >= 0.3 is 0 Å². The number of piperidine rings is 1. The molecule has 4 rings (SSSR count). The van der Waals surface area contributed by atoms with Crippen LogP contribution in [0.5, 0.6) is 0 Å². The van der Waals surface area contributed by atoms with Gasteiger partial charge in [-0.15, -0.1) is 0 Å². The largest absolute Gasteiger partial charge is 0.472 e. The smallest absolute Gasteiger partial charge is 0.227 e. The molecule has 3 aromatic heterocycles. The number of hydrogen-bond donors (Lipinski definition) is 1. The summed E-state index contributed by atoms with van der Waals surface area (Å²) in [5.41, 5.74) is 2.98. The minimum atomic E-state index is 0.165. The van der Waals surface area contributed by atoms with Gasteiger partial charge in [0, 0.05) is 49.6 Å². The number of likely N-dealkylation sites (N-methyl/N-ethyl adjacent to an activating group) is 1. The van der Waals surface area contributed by atoms with E-state index in [4.69, 9.17) is 4.42 Å². The van der Waals surface area contributed by atoms with Gasteiger partial charge in [0.1, 0.15) is 5.65 Å². The average Bonchev–Trinajstić information content (AvgIpc) is 3.32. The van der Waals surface area contributed by atoms with Crippen LogP contribution >= 0.6 is 0 Å². The van der Waals surface area contributed by atoms with Gasteiger partial charge in [-0.2, -0.15) is 0 Å². The van der Waals surface area contributed by atoms with E-state index in [1.807, 2.05) is 23.4 Å². The van der Waals surface area contributed by atoms with Crippen molar-refractivity contribution in [2.75, 3.05) is 25.0 Å². The maximum absolute atomic E-state index is 12.7. The summed E-state index contributed by atoms with van der Waals surface area (Å²) in [5.74, 6) is 0.679. The lowest BCUT2D eigenvalue weighted by atomic mass is 9.91. The zero-order chi connectivity index (χ0) is 18.1. The zero-order valence-electron chi connectivity index (χ0n) is 15.2. The second kappa shape index (κ2) is 6.86. The third kappa shape index (κ3) is 3.07. The molecule has 0 aromatic carbocycles. The van der Waals surface area contributed by atoms with Crippen LogP contribution in [-0.2, 0) is 11.2 Å². The predicted octanol–water partition coefficient (Wildman–Crippen LogP) is 3.07. The number of anilines is 1. The molecule has 6 nitrogen and oxygen atoms in total. The lowest BCUT2D eigenvalue weighted by molar-refractivity contribution is -0.132. The van der Waals surface area contributed by atoms with E-state index < -0.39 is 0 Å². The number of fused-ring (bicyclic) bond motifs is 1. The van der Waals surface area contributed by atoms with Crippen molar-refractivity contribution in [3.8, 4) is 0 Å². The van der Waals surface area contributed by atoms with Crippen molar-refractivity contribution >= 4 is 22.6 Å². The van der Waals surface area contributed by atoms with E-state index in [1.165, 1.54) is 0 Å². The lowest BCUT2D eigenvalue weighted by Gasteiger charge is -2.42. The van der Waals surface area contributed by atoms with Gasteiger partial charge in [-0.1, -0.05) is 6.92 Å². The van der Waals surface area contributed by atoms with Gasteiger partial charge in [0.15, 0.2) is 0 Å². The number of H-pyrrole nitrogens is 1. The van der Waals surface area contributed by atoms with Crippen LogP contribution in [0.2, 0.25) is 0 Å². The van der Waals surface area contributed by atoms with E-state index in [0.717, 1.165) is 41.8 Å². The SMILES string of the molecule is C[C@@H]1CCN(C(=O)Cc2ccoc2)CC1N(C)c1ccnc2[nH]ccc12. The number of rotatable bonds is 4. The number of carbonyl (C=O) groups excluding carboxylic acids is 1. The topological polar surface area (TPSA) is 65.4 Å². The molecular formula is C20H24N4O2. The molecule has 0 bridgehead atoms. The minimum Gasteiger partial charge on any atom is -0.472 e. The summed E-state index contributed by atoms with van der Waals surface area (Å²) in [6, 6.07) is 6.24. The Kier molecular flexibility index (Phi) is 4.41. The predicted molar refractivity (Wildman–Crippen MR) is 101 cm³/mol. The quantitative estimate of drug-likeness (QED) is 0.784. The summed E-state index contributed by atoms with van der Waals surface area (Å²) < 4.78 is 5.08. The summed E-state index contributed by atoms with van der Waals surface area (Å²) in [5, 5.41) is 1.11. The maximum atomic E-state index is 12.7. The molecule has 6 heteroatoms. The molecule has 3 aromatic rings. The van der Waals surface area contributed by atoms with E-state index in [-0.39, 0.29) is 11.9 Å². The molecule has 0 radical (unpaired) electrons. The number of nitrogens with zero attached hydrogens (tertiary/aromatic N) is 3. The summed E-state index contributed by atoms with van der Waals surface area (Å²) in [6.07, 6.45) is 8.42. The summed E-state index contributed by atoms with van der Waals surface area (Å²) in [4.78, 5) is 24.5. The molecule has 0 saturated carbocycles. The average molecular weight is 352 g/mol. The van der Waals surface area contributed by atoms with Crippen molar-refractivity contribution in [2.24, 2.45) is 5.92 Å². The summed E-state index contributed by atoms with van der Waals surface area (Å²) in [6.45, 7) is 3.83. The Morgan fingerprint density at radius 3 is 3.12 bits per heavy atom. The molecule has 1 fully saturated rings. The Labute approximate surface area is 152 Å². The number of carbonyl (C=O) groups is 1. The van der Waals surface area contributed by atoms with Crippen LogP contribution < -0.4 is 4.90 Å². The van der Waals surface area contributed by atoms with Gasteiger partial charge in [0.05, 0.1) is 18.9 Å². The summed E-state index contributed by atoms with van der Waals surface area (Å²) in [7, 11) is 2.12. The molecule has 1 N–H and O–H groups in total. The number of hydrogen-bond acceptors (Lipinski definition) is 4. The van der Waals surface area contributed by atoms with Crippen LogP contribution in [0.1, 0.15) is 18.9 Å². The van der Waals surface area contributed by atoms with Crippen LogP contribution in [0, 0.1) is 5.92 Å². The van der Waals surface area contributed by atoms with Gasteiger partial charge in [0.2, 0.25) is 5.91 Å². The zero-order valence-corrected chi connectivity index (χ0v) is 15.2. The van der Waals surface area contributed by atoms with Crippen molar-refractivity contribution < 1.29 is 9.21 Å². The Morgan fingerprint density at radius 2 is 2.31 bits per heavy atom. The first-order valence-electron chi connectivity index (χ1n) is 9.07. The number of furan rings is 1. The second-order valence-electron chi connectivity index (χ2n) is 7.16. The molecule has 1 saturated heterocycles. The Morgan fingerprint density at radius 1 is 1.42 bits per heavy atom. The first kappa shape index (κ1) is 16.7. The highest BCUT2D eigenvalue weighted by atomic mass is 16.3. The fourth-order valence-corrected chi connectivity index (χ4v) is 3.89. The van der Waals surface area contributed by atoms with Gasteiger partial charge in [-0.05, 0) is 36.1 Å². The highest BCUT2D eigenvalue weighted by Gasteiger charge is 2.32. The first-order valence-corrected chi connectivity index (χ1v) is 9.07. The van der Waals surface area contributed by atoms with Crippen molar-refractivity contribution in [2.45, 2.75) is 25.8 Å². The molecule has 1 amide bonds. The van der Waals surface area contributed by atoms with Gasteiger partial charge in [0.25, 0.3) is 0 Å². The van der Waals surface area contributed by atoms with E-state index >= 15 is 0 Å². The van der Waals surface area contributed by atoms with E-state index in [1.54, 1.807) is 12.5 Å². The molecule has 1 aliphatic rings. The van der Waals surface area contributed by atoms with Gasteiger partial charge in [-0.25, -0.2) is 4.98 Å². The Hall–Kier alpha value is -2.76. The van der Waals surface area contributed by atoms with Crippen LogP contribution in [0.4, 0.5) is 5.69 Å². The van der Waals surface area contributed by atoms with Crippen LogP contribution in [-0.4, -0.2) is 47.0 Å². The number of aromatic nitrogens is 2. The Balaban J connectivity index is 1.53. The normalized spacial score (nSPS) is 20.5. The maximum Gasteiger partial charge on any atom is 0.227 e. The molecule has 1 aliphatic heterocycles. The van der Waals surface area contributed by atoms with Gasteiger partial charge < -0.3 is 19.2 Å². The molecule has 0 spiro atoms. The fourth-order valence-electron chi connectivity index (χ4n) is 3.89. The second-order valence-corrected chi connectivity index (χ2v) is 7.16. The highest BCUT2D eigenvalue weighted by molar-refractivity contribution is 5.89. The standard InChI is InChI=1S/C20H24N4O2/c1-14-5-9-24(19(25)11-15-6-10-26-13-15)12-18(14)23(2)17-4-8-22-20-16(17)3-7-21-20/h3-4,6-8,10,13-14,18H,5,9,11-12H2,1-2H3,(H,21,22)/t14-,18?/m1/s1. The van der Waals surface area contributed by atoms with Crippen molar-refractivity contribution in [3.05, 3.63) is 48.7 Å². The van der Waals surface area contributed by atoms with Crippen molar-refractivity contribution in [1.29, 1.82) is 0 Å². The molecule has 1 unspecified atom stereocenters. The van der Waals surface area contributed by atoms with Crippen LogP contribution in [0.25, 0.3) is 11.0 Å². The fraction of sp³-hybridized carbons (Fsp3) is 0.400. The third-order valence-corrected chi connectivity index (χ3v) is 5.52. The number of aromatic amines is 1. The summed E-state index contributed by atoms with van der Waals surface area (Å²) >= 11 is 0. The number of likely N-dealkylation sites (tertiary alicyclic amines) is 1. The van der Waals surface area contributed by atoms with E-state index in [2.05, 4.69) is 41.0 Å². The highest BCUT2D eigenvalue weighted by Crippen LogP contribution is 2.30. The molecule has 136 valence electrons. The number of pyridine rings is 1. The van der Waals surface area contributed by atoms with Gasteiger partial charge in [-0.3, -0.25) is 4.79 Å². The lowest BCUT2D eigenvalue weighted by Crippen LogP contribution is -2.53.